The average Bonchev–Trinajstić information content (AvgIpc) is 2.94. The van der Waals surface area contributed by atoms with Gasteiger partial charge in [0.05, 0.1) is 6.04 Å². The highest BCUT2D eigenvalue weighted by molar-refractivity contribution is 5.22. The second-order valence-corrected chi connectivity index (χ2v) is 5.47. The molecule has 5 heteroatoms. The van der Waals surface area contributed by atoms with Crippen LogP contribution in [0.15, 0.2) is 34.9 Å². The normalized spacial score (nSPS) is 14.3. The minimum absolute atomic E-state index is 0.232. The average molecular weight is 289 g/mol. The van der Waals surface area contributed by atoms with Gasteiger partial charge in [0.15, 0.2) is 0 Å². The first-order valence-electron chi connectivity index (χ1n) is 7.37. The second kappa shape index (κ2) is 7.33. The molecule has 0 spiro atoms. The summed E-state index contributed by atoms with van der Waals surface area (Å²) in [5.74, 6) is 1.48. The van der Waals surface area contributed by atoms with Crippen LogP contribution in [-0.2, 0) is 4.74 Å². The highest BCUT2D eigenvalue weighted by Gasteiger charge is 2.23. The first kappa shape index (κ1) is 15.7. The lowest BCUT2D eigenvalue weighted by atomic mass is 10.0. The lowest BCUT2D eigenvalue weighted by Crippen LogP contribution is -2.14. The molecule has 2 rings (SSSR count). The van der Waals surface area contributed by atoms with Gasteiger partial charge in [-0.3, -0.25) is 0 Å². The third kappa shape index (κ3) is 4.12. The molecule has 1 aromatic carbocycles. The first-order chi connectivity index (χ1) is 10.1. The Hall–Kier alpha value is -1.72. The molecule has 2 unspecified atom stereocenters. The van der Waals surface area contributed by atoms with E-state index in [0.29, 0.717) is 24.2 Å². The summed E-state index contributed by atoms with van der Waals surface area (Å²) in [4.78, 5) is 4.43. The summed E-state index contributed by atoms with van der Waals surface area (Å²) >= 11 is 0. The van der Waals surface area contributed by atoms with E-state index in [-0.39, 0.29) is 12.1 Å². The molecule has 0 amide bonds. The van der Waals surface area contributed by atoms with E-state index >= 15 is 0 Å². The summed E-state index contributed by atoms with van der Waals surface area (Å²) in [7, 11) is 0. The van der Waals surface area contributed by atoms with Crippen LogP contribution >= 0.6 is 0 Å². The monoisotopic (exact) mass is 289 g/mol. The van der Waals surface area contributed by atoms with Crippen molar-refractivity contribution in [3.63, 3.8) is 0 Å². The second-order valence-electron chi connectivity index (χ2n) is 5.47. The van der Waals surface area contributed by atoms with E-state index in [1.165, 1.54) is 0 Å². The molecule has 5 nitrogen and oxygen atoms in total. The zero-order valence-corrected chi connectivity index (χ0v) is 12.8. The van der Waals surface area contributed by atoms with Crippen molar-refractivity contribution in [2.75, 3.05) is 6.61 Å². The molecule has 0 fully saturated rings. The van der Waals surface area contributed by atoms with Gasteiger partial charge >= 0.3 is 0 Å². The maximum atomic E-state index is 6.08. The zero-order valence-electron chi connectivity index (χ0n) is 12.8. The Bertz CT molecular complexity index is 539. The molecule has 0 saturated carbocycles. The highest BCUT2D eigenvalue weighted by atomic mass is 16.5. The van der Waals surface area contributed by atoms with Crippen LogP contribution in [0, 0.1) is 5.92 Å². The fraction of sp³-hybridized carbons (Fsp3) is 0.500. The number of nitrogens with two attached hydrogens (primary N) is 1. The van der Waals surface area contributed by atoms with Crippen LogP contribution in [0.2, 0.25) is 0 Å². The first-order valence-corrected chi connectivity index (χ1v) is 7.37. The predicted octanol–water partition coefficient (Wildman–Crippen LogP) is 3.24. The van der Waals surface area contributed by atoms with Crippen LogP contribution in [-0.4, -0.2) is 16.7 Å². The Kier molecular flexibility index (Phi) is 5.47. The Morgan fingerprint density at radius 2 is 1.95 bits per heavy atom. The van der Waals surface area contributed by atoms with E-state index in [4.69, 9.17) is 15.0 Å². The molecule has 0 aliphatic rings. The van der Waals surface area contributed by atoms with Gasteiger partial charge in [0.1, 0.15) is 6.10 Å². The van der Waals surface area contributed by atoms with E-state index in [2.05, 4.69) is 24.0 Å². The lowest BCUT2D eigenvalue weighted by molar-refractivity contribution is 0.0833. The Balaban J connectivity index is 2.20. The molecule has 0 bridgehead atoms. The molecular weight excluding hydrogens is 266 g/mol. The number of aromatic nitrogens is 2. The number of benzene rings is 1. The van der Waals surface area contributed by atoms with Gasteiger partial charge in [0, 0.05) is 6.61 Å². The van der Waals surface area contributed by atoms with Gasteiger partial charge < -0.3 is 15.0 Å². The smallest absolute Gasteiger partial charge is 0.243 e. The van der Waals surface area contributed by atoms with E-state index in [0.717, 1.165) is 12.0 Å². The summed E-state index contributed by atoms with van der Waals surface area (Å²) in [6.45, 7) is 6.75. The van der Waals surface area contributed by atoms with Crippen molar-refractivity contribution in [1.82, 2.24) is 10.1 Å². The molecule has 21 heavy (non-hydrogen) atoms. The summed E-state index contributed by atoms with van der Waals surface area (Å²) < 4.78 is 11.1. The summed E-state index contributed by atoms with van der Waals surface area (Å²) in [6.07, 6.45) is 0.492. The molecule has 2 atom stereocenters. The van der Waals surface area contributed by atoms with Gasteiger partial charge in [-0.05, 0) is 24.8 Å². The van der Waals surface area contributed by atoms with Crippen LogP contribution in [0.3, 0.4) is 0 Å². The summed E-state index contributed by atoms with van der Waals surface area (Å²) in [5.41, 5.74) is 7.09. The van der Waals surface area contributed by atoms with E-state index in [1.54, 1.807) is 0 Å². The van der Waals surface area contributed by atoms with Gasteiger partial charge in [-0.25, -0.2) is 0 Å². The zero-order chi connectivity index (χ0) is 15.2. The Labute approximate surface area is 125 Å². The van der Waals surface area contributed by atoms with Crippen molar-refractivity contribution < 1.29 is 9.26 Å². The minimum Gasteiger partial charge on any atom is -0.366 e. The molecule has 0 aliphatic carbocycles. The van der Waals surface area contributed by atoms with Crippen LogP contribution in [0.5, 0.6) is 0 Å². The third-order valence-electron chi connectivity index (χ3n) is 3.17. The number of hydrogen-bond donors (Lipinski definition) is 1. The molecule has 0 aliphatic heterocycles. The topological polar surface area (TPSA) is 74.2 Å². The van der Waals surface area contributed by atoms with Gasteiger partial charge in [-0.15, -0.1) is 0 Å². The number of nitrogens with zero attached hydrogens (tertiary/aromatic N) is 2. The molecular formula is C16H23N3O2. The summed E-state index contributed by atoms with van der Waals surface area (Å²) in [6, 6.07) is 9.64. The molecule has 1 aromatic heterocycles. The van der Waals surface area contributed by atoms with Crippen molar-refractivity contribution in [2.24, 2.45) is 11.7 Å². The fourth-order valence-corrected chi connectivity index (χ4v) is 2.23. The molecule has 0 radical (unpaired) electrons. The number of rotatable bonds is 7. The maximum Gasteiger partial charge on any atom is 0.243 e. The standard InChI is InChI=1S/C16H23N3O2/c1-4-20-14(12-8-6-5-7-9-12)15-18-16(21-19-15)13(17)10-11(2)3/h5-9,11,13-14H,4,10,17H2,1-3H3. The SMILES string of the molecule is CCOC(c1ccccc1)c1noc(C(N)CC(C)C)n1. The van der Waals surface area contributed by atoms with Crippen LogP contribution < -0.4 is 5.73 Å². The van der Waals surface area contributed by atoms with Gasteiger partial charge in [0.2, 0.25) is 11.7 Å². The van der Waals surface area contributed by atoms with Crippen molar-refractivity contribution in [2.45, 2.75) is 39.3 Å². The minimum atomic E-state index is -0.319. The van der Waals surface area contributed by atoms with Crippen molar-refractivity contribution in [3.8, 4) is 0 Å². The third-order valence-corrected chi connectivity index (χ3v) is 3.17. The van der Waals surface area contributed by atoms with E-state index in [9.17, 15) is 0 Å². The Morgan fingerprint density at radius 1 is 1.24 bits per heavy atom. The van der Waals surface area contributed by atoms with E-state index < -0.39 is 0 Å². The van der Waals surface area contributed by atoms with E-state index in [1.807, 2.05) is 37.3 Å². The molecule has 0 saturated heterocycles. The lowest BCUT2D eigenvalue weighted by Gasteiger charge is -2.13. The number of ether oxygens (including phenoxy) is 1. The van der Waals surface area contributed by atoms with Crippen LogP contribution in [0.25, 0.3) is 0 Å². The molecule has 1 heterocycles. The van der Waals surface area contributed by atoms with Gasteiger partial charge in [-0.2, -0.15) is 4.98 Å². The Morgan fingerprint density at radius 3 is 2.57 bits per heavy atom. The van der Waals surface area contributed by atoms with Crippen LogP contribution in [0.4, 0.5) is 0 Å². The fourth-order valence-electron chi connectivity index (χ4n) is 2.23. The molecule has 2 N–H and O–H groups in total. The summed E-state index contributed by atoms with van der Waals surface area (Å²) in [5, 5.41) is 4.05. The quantitative estimate of drug-likeness (QED) is 0.847. The predicted molar refractivity (Wildman–Crippen MR) is 80.6 cm³/mol. The van der Waals surface area contributed by atoms with Crippen molar-refractivity contribution in [3.05, 3.63) is 47.6 Å². The molecule has 114 valence electrons. The molecule has 2 aromatic rings. The number of hydrogen-bond acceptors (Lipinski definition) is 5. The van der Waals surface area contributed by atoms with Crippen molar-refractivity contribution in [1.29, 1.82) is 0 Å². The largest absolute Gasteiger partial charge is 0.366 e. The van der Waals surface area contributed by atoms with Crippen molar-refractivity contribution >= 4 is 0 Å². The highest BCUT2D eigenvalue weighted by Crippen LogP contribution is 2.25. The van der Waals surface area contributed by atoms with Crippen LogP contribution in [0.1, 0.15) is 56.6 Å². The van der Waals surface area contributed by atoms with Gasteiger partial charge in [-0.1, -0.05) is 49.3 Å². The van der Waals surface area contributed by atoms with Gasteiger partial charge in [0.25, 0.3) is 0 Å². The maximum absolute atomic E-state index is 6.08.